The number of allylic oxidation sites excluding steroid dienone is 2. The number of carbonyl (C=O) groups is 3. The summed E-state index contributed by atoms with van der Waals surface area (Å²) in [5.74, 6) is -1.62. The average molecular weight is 330 g/mol. The van der Waals surface area contributed by atoms with Crippen molar-refractivity contribution in [2.75, 3.05) is 0 Å². The van der Waals surface area contributed by atoms with Gasteiger partial charge in [0, 0.05) is 11.1 Å². The van der Waals surface area contributed by atoms with Crippen molar-refractivity contribution in [3.8, 4) is 0 Å². The molecular weight excluding hydrogens is 308 g/mol. The van der Waals surface area contributed by atoms with E-state index in [9.17, 15) is 14.4 Å². The van der Waals surface area contributed by atoms with Crippen LogP contribution in [-0.2, 0) is 23.9 Å². The summed E-state index contributed by atoms with van der Waals surface area (Å²) < 4.78 is 11.2. The van der Waals surface area contributed by atoms with Crippen LogP contribution >= 0.6 is 0 Å². The molecule has 0 aromatic rings. The normalized spacial score (nSPS) is 40.6. The van der Waals surface area contributed by atoms with E-state index in [0.717, 1.165) is 0 Å². The van der Waals surface area contributed by atoms with Gasteiger partial charge in [0.25, 0.3) is 0 Å². The Morgan fingerprint density at radius 1 is 1.42 bits per heavy atom. The SMILES string of the molecule is C=C(C)C(=O)OC1[C@@H]2C(=C)C(=O)O[C@@H]2C[C@@H](C)[C@@H]2C=CC(=O)[C@@]12C. The molecule has 1 aliphatic heterocycles. The summed E-state index contributed by atoms with van der Waals surface area (Å²) in [6.07, 6.45) is 2.83. The number of hydrogen-bond acceptors (Lipinski definition) is 5. The lowest BCUT2D eigenvalue weighted by molar-refractivity contribution is -0.160. The van der Waals surface area contributed by atoms with Crippen LogP contribution in [0.15, 0.2) is 36.5 Å². The highest BCUT2D eigenvalue weighted by molar-refractivity contribution is 5.99. The zero-order valence-corrected chi connectivity index (χ0v) is 14.2. The lowest BCUT2D eigenvalue weighted by Crippen LogP contribution is -2.49. The summed E-state index contributed by atoms with van der Waals surface area (Å²) in [5.41, 5.74) is -0.410. The number of fused-ring (bicyclic) bond motifs is 2. The van der Waals surface area contributed by atoms with Crippen LogP contribution in [0.3, 0.4) is 0 Å². The summed E-state index contributed by atoms with van der Waals surface area (Å²) in [7, 11) is 0. The van der Waals surface area contributed by atoms with Crippen LogP contribution < -0.4 is 0 Å². The molecule has 24 heavy (non-hydrogen) atoms. The Hall–Kier alpha value is -2.17. The molecule has 6 atom stereocenters. The van der Waals surface area contributed by atoms with Crippen LogP contribution in [0.5, 0.6) is 0 Å². The van der Waals surface area contributed by atoms with Gasteiger partial charge in [-0.1, -0.05) is 26.2 Å². The molecule has 1 unspecified atom stereocenters. The zero-order chi connectivity index (χ0) is 17.8. The molecule has 0 radical (unpaired) electrons. The Labute approximate surface area is 141 Å². The van der Waals surface area contributed by atoms with Crippen molar-refractivity contribution in [3.05, 3.63) is 36.5 Å². The number of esters is 2. The minimum absolute atomic E-state index is 0.0787. The minimum atomic E-state index is -0.930. The first-order chi connectivity index (χ1) is 11.2. The predicted molar refractivity (Wildman–Crippen MR) is 86.7 cm³/mol. The third-order valence-corrected chi connectivity index (χ3v) is 5.72. The highest BCUT2D eigenvalue weighted by atomic mass is 16.6. The van der Waals surface area contributed by atoms with Gasteiger partial charge in [-0.05, 0) is 38.2 Å². The number of hydrogen-bond donors (Lipinski definition) is 0. The molecule has 1 saturated heterocycles. The van der Waals surface area contributed by atoms with Crippen LogP contribution in [0.25, 0.3) is 0 Å². The highest BCUT2D eigenvalue weighted by Crippen LogP contribution is 2.54. The van der Waals surface area contributed by atoms with Gasteiger partial charge in [0.05, 0.1) is 11.3 Å². The highest BCUT2D eigenvalue weighted by Gasteiger charge is 2.62. The molecular formula is C19H22O5. The molecule has 0 spiro atoms. The maximum Gasteiger partial charge on any atom is 0.334 e. The zero-order valence-electron chi connectivity index (χ0n) is 14.2. The topological polar surface area (TPSA) is 69.7 Å². The standard InChI is InChI=1S/C19H22O5/c1-9(2)17(21)24-16-15-11(4)18(22)23-13(15)8-10(3)12-6-7-14(20)19(12,16)5/h6-7,10,12-13,15-16H,1,4,8H2,2-3,5H3/t10-,12+,13-,15-,16?,19+/m1/s1. The summed E-state index contributed by atoms with van der Waals surface area (Å²) in [6, 6.07) is 0. The molecule has 2 aliphatic carbocycles. The molecule has 1 heterocycles. The Bertz CT molecular complexity index is 688. The Morgan fingerprint density at radius 3 is 2.71 bits per heavy atom. The maximum absolute atomic E-state index is 12.7. The molecule has 3 aliphatic rings. The first-order valence-corrected chi connectivity index (χ1v) is 8.16. The number of ether oxygens (including phenoxy) is 2. The fourth-order valence-corrected chi connectivity index (χ4v) is 4.36. The van der Waals surface area contributed by atoms with E-state index in [1.807, 2.05) is 19.9 Å². The Morgan fingerprint density at radius 2 is 2.08 bits per heavy atom. The van der Waals surface area contributed by atoms with Crippen LogP contribution in [-0.4, -0.2) is 29.9 Å². The molecule has 2 fully saturated rings. The van der Waals surface area contributed by atoms with Crippen LogP contribution in [0, 0.1) is 23.2 Å². The van der Waals surface area contributed by atoms with Crippen molar-refractivity contribution in [1.29, 1.82) is 0 Å². The van der Waals surface area contributed by atoms with Crippen LogP contribution in [0.2, 0.25) is 0 Å². The van der Waals surface area contributed by atoms with Crippen molar-refractivity contribution in [2.24, 2.45) is 23.2 Å². The third kappa shape index (κ3) is 2.18. The van der Waals surface area contributed by atoms with Gasteiger partial charge >= 0.3 is 11.9 Å². The summed E-state index contributed by atoms with van der Waals surface area (Å²) in [5, 5.41) is 0. The summed E-state index contributed by atoms with van der Waals surface area (Å²) in [6.45, 7) is 12.8. The first kappa shape index (κ1) is 16.7. The lowest BCUT2D eigenvalue weighted by atomic mass is 9.67. The third-order valence-electron chi connectivity index (χ3n) is 5.72. The second kappa shape index (κ2) is 5.43. The van der Waals surface area contributed by atoms with Crippen molar-refractivity contribution < 1.29 is 23.9 Å². The Kier molecular flexibility index (Phi) is 3.78. The van der Waals surface area contributed by atoms with Gasteiger partial charge < -0.3 is 9.47 Å². The van der Waals surface area contributed by atoms with Crippen molar-refractivity contribution >= 4 is 17.7 Å². The van der Waals surface area contributed by atoms with Crippen molar-refractivity contribution in [2.45, 2.75) is 39.4 Å². The van der Waals surface area contributed by atoms with Gasteiger partial charge in [0.15, 0.2) is 5.78 Å². The molecule has 5 heteroatoms. The van der Waals surface area contributed by atoms with E-state index >= 15 is 0 Å². The van der Waals surface area contributed by atoms with Gasteiger partial charge in [0.1, 0.15) is 12.2 Å². The molecule has 5 nitrogen and oxygen atoms in total. The van der Waals surface area contributed by atoms with Crippen LogP contribution in [0.1, 0.15) is 27.2 Å². The van der Waals surface area contributed by atoms with E-state index in [1.54, 1.807) is 13.0 Å². The van der Waals surface area contributed by atoms with Crippen LogP contribution in [0.4, 0.5) is 0 Å². The van der Waals surface area contributed by atoms with Gasteiger partial charge in [-0.25, -0.2) is 9.59 Å². The molecule has 0 aromatic carbocycles. The second-order valence-electron chi connectivity index (χ2n) is 7.35. The molecule has 128 valence electrons. The molecule has 0 N–H and O–H groups in total. The molecule has 0 bridgehead atoms. The van der Waals surface area contributed by atoms with Gasteiger partial charge in [0.2, 0.25) is 0 Å². The van der Waals surface area contributed by atoms with Crippen molar-refractivity contribution in [1.82, 2.24) is 0 Å². The van der Waals surface area contributed by atoms with E-state index in [-0.39, 0.29) is 28.8 Å². The summed E-state index contributed by atoms with van der Waals surface area (Å²) in [4.78, 5) is 36.9. The number of carbonyl (C=O) groups excluding carboxylic acids is 3. The monoisotopic (exact) mass is 330 g/mol. The number of rotatable bonds is 2. The summed E-state index contributed by atoms with van der Waals surface area (Å²) >= 11 is 0. The van der Waals surface area contributed by atoms with Gasteiger partial charge in [-0.3, -0.25) is 4.79 Å². The number of ketones is 1. The van der Waals surface area contributed by atoms with E-state index in [4.69, 9.17) is 9.47 Å². The largest absolute Gasteiger partial charge is 0.458 e. The predicted octanol–water partition coefficient (Wildman–Crippen LogP) is 2.37. The van der Waals surface area contributed by atoms with E-state index in [1.165, 1.54) is 0 Å². The molecule has 1 saturated carbocycles. The smallest absolute Gasteiger partial charge is 0.334 e. The average Bonchev–Trinajstić information content (AvgIpc) is 2.92. The Balaban J connectivity index is 2.10. The minimum Gasteiger partial charge on any atom is -0.458 e. The first-order valence-electron chi connectivity index (χ1n) is 8.16. The second-order valence-corrected chi connectivity index (χ2v) is 7.35. The van der Waals surface area contributed by atoms with Gasteiger partial charge in [-0.15, -0.1) is 0 Å². The van der Waals surface area contributed by atoms with Gasteiger partial charge in [-0.2, -0.15) is 0 Å². The molecule has 0 amide bonds. The quantitative estimate of drug-likeness (QED) is 0.574. The van der Waals surface area contributed by atoms with E-state index < -0.39 is 35.5 Å². The molecule has 3 rings (SSSR count). The molecule has 0 aromatic heterocycles. The fraction of sp³-hybridized carbons (Fsp3) is 0.526. The van der Waals surface area contributed by atoms with E-state index in [2.05, 4.69) is 13.2 Å². The maximum atomic E-state index is 12.7. The van der Waals surface area contributed by atoms with Crippen molar-refractivity contribution in [3.63, 3.8) is 0 Å². The fourth-order valence-electron chi connectivity index (χ4n) is 4.36. The van der Waals surface area contributed by atoms with E-state index in [0.29, 0.717) is 6.42 Å². The lowest BCUT2D eigenvalue weighted by Gasteiger charge is -2.39.